The molecule has 21 heavy (non-hydrogen) atoms. The molecular formula is C15H16N2O2S2. The monoisotopic (exact) mass is 320 g/mol. The Morgan fingerprint density at radius 3 is 2.71 bits per heavy atom. The summed E-state index contributed by atoms with van der Waals surface area (Å²) in [4.78, 5) is 17.0. The van der Waals surface area contributed by atoms with Crippen molar-refractivity contribution in [3.8, 4) is 0 Å². The number of rotatable bonds is 1. The van der Waals surface area contributed by atoms with Crippen LogP contribution in [-0.4, -0.2) is 47.3 Å². The lowest BCUT2D eigenvalue weighted by atomic mass is 10.2. The molecule has 6 heteroatoms. The molecule has 1 aliphatic heterocycles. The molecule has 2 aromatic rings. The highest BCUT2D eigenvalue weighted by Crippen LogP contribution is 2.23. The maximum atomic E-state index is 12.0. The molecule has 1 aromatic heterocycles. The molecule has 1 aromatic carbocycles. The van der Waals surface area contributed by atoms with Crippen molar-refractivity contribution in [3.05, 3.63) is 40.8 Å². The summed E-state index contributed by atoms with van der Waals surface area (Å²) in [6.45, 7) is 3.79. The lowest BCUT2D eigenvalue weighted by Gasteiger charge is -2.33. The van der Waals surface area contributed by atoms with Gasteiger partial charge in [-0.2, -0.15) is 0 Å². The van der Waals surface area contributed by atoms with Gasteiger partial charge in [-0.25, -0.2) is 4.79 Å². The van der Waals surface area contributed by atoms with Crippen LogP contribution < -0.4 is 5.63 Å². The van der Waals surface area contributed by atoms with Gasteiger partial charge in [-0.05, 0) is 19.2 Å². The van der Waals surface area contributed by atoms with Crippen molar-refractivity contribution in [2.24, 2.45) is 0 Å². The predicted octanol–water partition coefficient (Wildman–Crippen LogP) is 2.42. The van der Waals surface area contributed by atoms with E-state index in [1.165, 1.54) is 11.8 Å². The number of benzene rings is 1. The van der Waals surface area contributed by atoms with Crippen LogP contribution in [0.5, 0.6) is 0 Å². The largest absolute Gasteiger partial charge is 0.422 e. The summed E-state index contributed by atoms with van der Waals surface area (Å²) in [5, 5.41) is 0.917. The molecule has 0 unspecified atom stereocenters. The fourth-order valence-corrected chi connectivity index (χ4v) is 3.52. The summed E-state index contributed by atoms with van der Waals surface area (Å²) < 4.78 is 6.08. The fraction of sp³-hybridized carbons (Fsp3) is 0.333. The Morgan fingerprint density at radius 2 is 1.95 bits per heavy atom. The van der Waals surface area contributed by atoms with Crippen LogP contribution >= 0.6 is 24.0 Å². The van der Waals surface area contributed by atoms with Crippen molar-refractivity contribution in [1.29, 1.82) is 0 Å². The second kappa shape index (κ2) is 6.17. The summed E-state index contributed by atoms with van der Waals surface area (Å²) in [6.07, 6.45) is 0. The summed E-state index contributed by atoms with van der Waals surface area (Å²) in [7, 11) is 2.10. The Morgan fingerprint density at radius 1 is 1.24 bits per heavy atom. The van der Waals surface area contributed by atoms with Gasteiger partial charge < -0.3 is 14.2 Å². The Labute approximate surface area is 132 Å². The van der Waals surface area contributed by atoms with Crippen LogP contribution in [0.1, 0.15) is 0 Å². The van der Waals surface area contributed by atoms with Crippen LogP contribution in [0.2, 0.25) is 0 Å². The first-order valence-electron chi connectivity index (χ1n) is 6.82. The molecule has 1 saturated heterocycles. The summed E-state index contributed by atoms with van der Waals surface area (Å²) in [5.41, 5.74) is 0.285. The SMILES string of the molecule is CN1CCN(C(=S)Sc2cc3ccccc3oc2=O)CC1. The molecule has 0 aliphatic carbocycles. The zero-order chi connectivity index (χ0) is 14.8. The molecule has 2 heterocycles. The molecule has 0 N–H and O–H groups in total. The normalized spacial score (nSPS) is 16.3. The van der Waals surface area contributed by atoms with E-state index in [2.05, 4.69) is 16.8 Å². The molecule has 110 valence electrons. The summed E-state index contributed by atoms with van der Waals surface area (Å²) in [6, 6.07) is 9.36. The quantitative estimate of drug-likeness (QED) is 0.456. The van der Waals surface area contributed by atoms with E-state index in [1.807, 2.05) is 24.3 Å². The molecule has 0 spiro atoms. The van der Waals surface area contributed by atoms with Crippen molar-refractivity contribution >= 4 is 39.3 Å². The Kier molecular flexibility index (Phi) is 4.28. The number of nitrogens with zero attached hydrogens (tertiary/aromatic N) is 2. The van der Waals surface area contributed by atoms with Gasteiger partial charge in [0.2, 0.25) is 0 Å². The van der Waals surface area contributed by atoms with E-state index in [0.29, 0.717) is 10.5 Å². The minimum atomic E-state index is -0.324. The van der Waals surface area contributed by atoms with E-state index in [1.54, 1.807) is 6.07 Å². The third-order valence-corrected chi connectivity index (χ3v) is 5.01. The van der Waals surface area contributed by atoms with E-state index in [9.17, 15) is 4.79 Å². The van der Waals surface area contributed by atoms with Crippen molar-refractivity contribution in [3.63, 3.8) is 0 Å². The van der Waals surface area contributed by atoms with Crippen LogP contribution in [-0.2, 0) is 0 Å². The number of thiocarbonyl (C=S) groups is 1. The number of hydrogen-bond acceptors (Lipinski definition) is 5. The number of fused-ring (bicyclic) bond motifs is 1. The van der Waals surface area contributed by atoms with Gasteiger partial charge in [0, 0.05) is 31.6 Å². The third kappa shape index (κ3) is 3.28. The molecule has 0 saturated carbocycles. The van der Waals surface area contributed by atoms with Crippen molar-refractivity contribution in [2.45, 2.75) is 4.90 Å². The minimum absolute atomic E-state index is 0.324. The molecule has 0 radical (unpaired) electrons. The van der Waals surface area contributed by atoms with E-state index in [4.69, 9.17) is 16.6 Å². The fourth-order valence-electron chi connectivity index (χ4n) is 2.26. The highest BCUT2D eigenvalue weighted by Gasteiger charge is 2.18. The van der Waals surface area contributed by atoms with Crippen LogP contribution in [0.15, 0.2) is 44.4 Å². The van der Waals surface area contributed by atoms with Gasteiger partial charge in [-0.3, -0.25) is 0 Å². The van der Waals surface area contributed by atoms with Crippen molar-refractivity contribution < 1.29 is 4.42 Å². The lowest BCUT2D eigenvalue weighted by Crippen LogP contribution is -2.45. The molecule has 1 aliphatic rings. The number of hydrogen-bond donors (Lipinski definition) is 0. The van der Waals surface area contributed by atoms with E-state index >= 15 is 0 Å². The summed E-state index contributed by atoms with van der Waals surface area (Å²) >= 11 is 6.79. The average molecular weight is 320 g/mol. The van der Waals surface area contributed by atoms with Crippen LogP contribution in [0.25, 0.3) is 11.0 Å². The van der Waals surface area contributed by atoms with Gasteiger partial charge in [0.15, 0.2) is 0 Å². The Hall–Kier alpha value is -1.37. The molecule has 1 fully saturated rings. The minimum Gasteiger partial charge on any atom is -0.422 e. The van der Waals surface area contributed by atoms with Gasteiger partial charge in [0.05, 0.1) is 0 Å². The maximum Gasteiger partial charge on any atom is 0.350 e. The zero-order valence-electron chi connectivity index (χ0n) is 11.7. The first-order chi connectivity index (χ1) is 10.1. The van der Waals surface area contributed by atoms with Crippen LogP contribution in [0.4, 0.5) is 0 Å². The van der Waals surface area contributed by atoms with E-state index < -0.39 is 0 Å². The average Bonchev–Trinajstić information content (AvgIpc) is 2.48. The Balaban J connectivity index is 1.79. The highest BCUT2D eigenvalue weighted by molar-refractivity contribution is 8.22. The van der Waals surface area contributed by atoms with Crippen molar-refractivity contribution in [1.82, 2.24) is 9.80 Å². The first-order valence-corrected chi connectivity index (χ1v) is 8.04. The number of piperazine rings is 1. The van der Waals surface area contributed by atoms with Gasteiger partial charge in [-0.1, -0.05) is 42.2 Å². The van der Waals surface area contributed by atoms with Gasteiger partial charge >= 0.3 is 5.63 Å². The lowest BCUT2D eigenvalue weighted by molar-refractivity contribution is 0.220. The smallest absolute Gasteiger partial charge is 0.350 e. The van der Waals surface area contributed by atoms with E-state index in [0.717, 1.165) is 35.9 Å². The highest BCUT2D eigenvalue weighted by atomic mass is 32.2. The standard InChI is InChI=1S/C15H16N2O2S2/c1-16-6-8-17(9-7-16)15(20)21-13-10-11-4-2-3-5-12(11)19-14(13)18/h2-5,10H,6-9H2,1H3. The molecular weight excluding hydrogens is 304 g/mol. The van der Waals surface area contributed by atoms with Crippen LogP contribution in [0.3, 0.4) is 0 Å². The second-order valence-corrected chi connectivity index (χ2v) is 6.77. The number of para-hydroxylation sites is 1. The second-order valence-electron chi connectivity index (χ2n) is 5.09. The van der Waals surface area contributed by atoms with E-state index in [-0.39, 0.29) is 5.63 Å². The molecule has 3 rings (SSSR count). The van der Waals surface area contributed by atoms with Gasteiger partial charge in [0.25, 0.3) is 0 Å². The number of thioether (sulfide) groups is 1. The maximum absolute atomic E-state index is 12.0. The van der Waals surface area contributed by atoms with Crippen molar-refractivity contribution in [2.75, 3.05) is 33.2 Å². The van der Waals surface area contributed by atoms with Gasteiger partial charge in [-0.15, -0.1) is 0 Å². The predicted molar refractivity (Wildman–Crippen MR) is 90.0 cm³/mol. The zero-order valence-corrected chi connectivity index (χ0v) is 13.4. The van der Waals surface area contributed by atoms with Crippen LogP contribution in [0, 0.1) is 0 Å². The molecule has 0 amide bonds. The third-order valence-electron chi connectivity index (χ3n) is 3.57. The summed E-state index contributed by atoms with van der Waals surface area (Å²) in [5.74, 6) is 0. The van der Waals surface area contributed by atoms with Gasteiger partial charge in [0.1, 0.15) is 14.8 Å². The molecule has 0 atom stereocenters. The molecule has 4 nitrogen and oxygen atoms in total. The Bertz CT molecular complexity index is 721. The number of likely N-dealkylation sites (N-methyl/N-ethyl adjacent to an activating group) is 1. The molecule has 0 bridgehead atoms. The first kappa shape index (κ1) is 14.6. The topological polar surface area (TPSA) is 36.7 Å².